The third-order valence-electron chi connectivity index (χ3n) is 3.20. The molecule has 1 nitrogen and oxygen atoms in total. The van der Waals surface area contributed by atoms with Crippen molar-refractivity contribution >= 4 is 22.6 Å². The second-order valence-electron chi connectivity index (χ2n) is 4.50. The molecule has 2 atom stereocenters. The van der Waals surface area contributed by atoms with Crippen molar-refractivity contribution in [2.45, 2.75) is 23.8 Å². The quantitative estimate of drug-likeness (QED) is 0.598. The van der Waals surface area contributed by atoms with Crippen LogP contribution in [0.25, 0.3) is 0 Å². The molecular formula is C13H18IN. The van der Waals surface area contributed by atoms with Crippen LogP contribution in [0.4, 0.5) is 0 Å². The number of rotatable bonds is 2. The van der Waals surface area contributed by atoms with Gasteiger partial charge in [-0.15, -0.1) is 0 Å². The molecular weight excluding hydrogens is 297 g/mol. The van der Waals surface area contributed by atoms with Crippen LogP contribution < -0.4 is 0 Å². The van der Waals surface area contributed by atoms with Crippen LogP contribution in [0.2, 0.25) is 0 Å². The van der Waals surface area contributed by atoms with Crippen molar-refractivity contribution in [3.05, 3.63) is 35.9 Å². The highest BCUT2D eigenvalue weighted by molar-refractivity contribution is 14.1. The molecule has 1 fully saturated rings. The highest BCUT2D eigenvalue weighted by Crippen LogP contribution is 2.24. The largest absolute Gasteiger partial charge is 0.298 e. The topological polar surface area (TPSA) is 3.24 Å². The van der Waals surface area contributed by atoms with Gasteiger partial charge in [0.25, 0.3) is 0 Å². The molecule has 0 amide bonds. The Kier molecular flexibility index (Phi) is 4.03. The molecule has 0 saturated carbocycles. The summed E-state index contributed by atoms with van der Waals surface area (Å²) in [6.45, 7) is 6.00. The first-order valence-corrected chi connectivity index (χ1v) is 6.90. The zero-order chi connectivity index (χ0) is 10.7. The van der Waals surface area contributed by atoms with Crippen LogP contribution in [0.1, 0.15) is 18.9 Å². The molecule has 0 spiro atoms. The van der Waals surface area contributed by atoms with Gasteiger partial charge in [-0.05, 0) is 24.4 Å². The highest BCUT2D eigenvalue weighted by Gasteiger charge is 2.23. The van der Waals surface area contributed by atoms with Gasteiger partial charge >= 0.3 is 0 Å². The Balaban J connectivity index is 1.91. The normalized spacial score (nSPS) is 27.9. The molecule has 2 heteroatoms. The van der Waals surface area contributed by atoms with E-state index in [1.807, 2.05) is 0 Å². The van der Waals surface area contributed by atoms with E-state index in [0.29, 0.717) is 0 Å². The maximum Gasteiger partial charge on any atom is 0.0263 e. The SMILES string of the molecule is C[C@@H]1CCN(Cc2ccccc2)C[C@@H]1I. The van der Waals surface area contributed by atoms with Gasteiger partial charge in [0.2, 0.25) is 0 Å². The van der Waals surface area contributed by atoms with Gasteiger partial charge in [0.1, 0.15) is 0 Å². The number of nitrogens with zero attached hydrogens (tertiary/aromatic N) is 1. The lowest BCUT2D eigenvalue weighted by atomic mass is 9.99. The maximum absolute atomic E-state index is 2.60. The van der Waals surface area contributed by atoms with E-state index in [1.54, 1.807) is 0 Å². The number of benzene rings is 1. The van der Waals surface area contributed by atoms with Gasteiger partial charge in [-0.2, -0.15) is 0 Å². The molecule has 15 heavy (non-hydrogen) atoms. The van der Waals surface area contributed by atoms with Gasteiger partial charge < -0.3 is 0 Å². The van der Waals surface area contributed by atoms with Crippen molar-refractivity contribution in [2.24, 2.45) is 5.92 Å². The van der Waals surface area contributed by atoms with Gasteiger partial charge in [0, 0.05) is 17.0 Å². The second kappa shape index (κ2) is 5.30. The monoisotopic (exact) mass is 315 g/mol. The van der Waals surface area contributed by atoms with E-state index in [9.17, 15) is 0 Å². The number of alkyl halides is 1. The number of hydrogen-bond acceptors (Lipinski definition) is 1. The lowest BCUT2D eigenvalue weighted by molar-refractivity contribution is 0.197. The van der Waals surface area contributed by atoms with Gasteiger partial charge in [-0.25, -0.2) is 0 Å². The van der Waals surface area contributed by atoms with Crippen molar-refractivity contribution in [2.75, 3.05) is 13.1 Å². The van der Waals surface area contributed by atoms with Crippen molar-refractivity contribution in [1.29, 1.82) is 0 Å². The first-order chi connectivity index (χ1) is 7.25. The molecule has 0 radical (unpaired) electrons. The second-order valence-corrected chi connectivity index (χ2v) is 6.10. The molecule has 2 rings (SSSR count). The number of piperidine rings is 1. The van der Waals surface area contributed by atoms with E-state index in [0.717, 1.165) is 16.4 Å². The van der Waals surface area contributed by atoms with E-state index in [-0.39, 0.29) is 0 Å². The molecule has 0 aliphatic carbocycles. The lowest BCUT2D eigenvalue weighted by Crippen LogP contribution is -2.39. The van der Waals surface area contributed by atoms with Crippen molar-refractivity contribution < 1.29 is 0 Å². The standard InChI is InChI=1S/C13H18IN/c1-11-7-8-15(10-13(11)14)9-12-5-3-2-4-6-12/h2-6,11,13H,7-10H2,1H3/t11-,13+/m1/s1. The fraction of sp³-hybridized carbons (Fsp3) is 0.538. The van der Waals surface area contributed by atoms with Crippen LogP contribution in [-0.2, 0) is 6.54 Å². The molecule has 0 N–H and O–H groups in total. The van der Waals surface area contributed by atoms with Crippen molar-refractivity contribution in [3.63, 3.8) is 0 Å². The molecule has 0 aromatic heterocycles. The predicted octanol–water partition coefficient (Wildman–Crippen LogP) is 3.33. The highest BCUT2D eigenvalue weighted by atomic mass is 127. The van der Waals surface area contributed by atoms with Crippen LogP contribution in [0, 0.1) is 5.92 Å². The maximum atomic E-state index is 2.60. The first kappa shape index (κ1) is 11.4. The third-order valence-corrected chi connectivity index (χ3v) is 4.82. The summed E-state index contributed by atoms with van der Waals surface area (Å²) in [5.74, 6) is 0.887. The average Bonchev–Trinajstić information content (AvgIpc) is 2.25. The van der Waals surface area contributed by atoms with E-state index in [1.165, 1.54) is 25.1 Å². The molecule has 1 heterocycles. The average molecular weight is 315 g/mol. The fourth-order valence-electron chi connectivity index (χ4n) is 2.07. The van der Waals surface area contributed by atoms with Crippen molar-refractivity contribution in [3.8, 4) is 0 Å². The lowest BCUT2D eigenvalue weighted by Gasteiger charge is -2.34. The summed E-state index contributed by atoms with van der Waals surface area (Å²) < 4.78 is 0.820. The molecule has 1 aromatic rings. The van der Waals surface area contributed by atoms with Gasteiger partial charge in [0.15, 0.2) is 0 Å². The molecule has 0 unspecified atom stereocenters. The van der Waals surface area contributed by atoms with Crippen LogP contribution in [0.3, 0.4) is 0 Å². The Morgan fingerprint density at radius 1 is 1.33 bits per heavy atom. The van der Waals surface area contributed by atoms with Crippen LogP contribution in [-0.4, -0.2) is 21.9 Å². The smallest absolute Gasteiger partial charge is 0.0263 e. The van der Waals surface area contributed by atoms with Gasteiger partial charge in [-0.1, -0.05) is 59.8 Å². The summed E-state index contributed by atoms with van der Waals surface area (Å²) in [5.41, 5.74) is 1.44. The van der Waals surface area contributed by atoms with E-state index < -0.39 is 0 Å². The fourth-order valence-corrected chi connectivity index (χ4v) is 2.99. The van der Waals surface area contributed by atoms with Gasteiger partial charge in [0.05, 0.1) is 0 Å². The van der Waals surface area contributed by atoms with E-state index in [4.69, 9.17) is 0 Å². The Morgan fingerprint density at radius 2 is 2.07 bits per heavy atom. The molecule has 1 aromatic carbocycles. The molecule has 1 saturated heterocycles. The summed E-state index contributed by atoms with van der Waals surface area (Å²) in [5, 5.41) is 0. The summed E-state index contributed by atoms with van der Waals surface area (Å²) in [7, 11) is 0. The Labute approximate surface area is 106 Å². The number of likely N-dealkylation sites (tertiary alicyclic amines) is 1. The van der Waals surface area contributed by atoms with Crippen LogP contribution in [0.15, 0.2) is 30.3 Å². The van der Waals surface area contributed by atoms with Crippen LogP contribution >= 0.6 is 22.6 Å². The minimum absolute atomic E-state index is 0.820. The Hall–Kier alpha value is -0.0900. The molecule has 82 valence electrons. The zero-order valence-corrected chi connectivity index (χ0v) is 11.4. The summed E-state index contributed by atoms with van der Waals surface area (Å²) in [4.78, 5) is 2.58. The van der Waals surface area contributed by atoms with Crippen LogP contribution in [0.5, 0.6) is 0 Å². The predicted molar refractivity (Wildman–Crippen MR) is 73.3 cm³/mol. The number of halogens is 1. The molecule has 1 aliphatic rings. The summed E-state index contributed by atoms with van der Waals surface area (Å²) in [6.07, 6.45) is 1.35. The summed E-state index contributed by atoms with van der Waals surface area (Å²) >= 11 is 2.60. The third kappa shape index (κ3) is 3.18. The molecule has 0 bridgehead atoms. The first-order valence-electron chi connectivity index (χ1n) is 5.66. The van der Waals surface area contributed by atoms with E-state index in [2.05, 4.69) is 64.7 Å². The minimum Gasteiger partial charge on any atom is -0.298 e. The Bertz CT molecular complexity index is 299. The summed E-state index contributed by atoms with van der Waals surface area (Å²) in [6, 6.07) is 10.8. The zero-order valence-electron chi connectivity index (χ0n) is 9.20. The van der Waals surface area contributed by atoms with E-state index >= 15 is 0 Å². The minimum atomic E-state index is 0.820. The number of hydrogen-bond donors (Lipinski definition) is 0. The van der Waals surface area contributed by atoms with Crippen molar-refractivity contribution in [1.82, 2.24) is 4.90 Å². The molecule has 1 aliphatic heterocycles. The Morgan fingerprint density at radius 3 is 2.73 bits per heavy atom. The van der Waals surface area contributed by atoms with Gasteiger partial charge in [-0.3, -0.25) is 4.90 Å².